The van der Waals surface area contributed by atoms with Gasteiger partial charge in [0, 0.05) is 19.4 Å². The van der Waals surface area contributed by atoms with E-state index < -0.39 is 0 Å². The molecule has 166 valence electrons. The maximum atomic E-state index is 12.9. The number of rotatable bonds is 9. The summed E-state index contributed by atoms with van der Waals surface area (Å²) in [6, 6.07) is 8.49. The number of benzene rings is 1. The van der Waals surface area contributed by atoms with E-state index in [1.54, 1.807) is 0 Å². The molecule has 0 saturated heterocycles. The summed E-state index contributed by atoms with van der Waals surface area (Å²) < 4.78 is 2.02. The zero-order valence-corrected chi connectivity index (χ0v) is 18.5. The highest BCUT2D eigenvalue weighted by Crippen LogP contribution is 2.30. The van der Waals surface area contributed by atoms with Crippen LogP contribution in [0.3, 0.4) is 0 Å². The SMILES string of the molecule is CC[C@@H](c1nnnn1C1CCCC1)[NH+](CCCO)Cc1cc2cccc(C)c2[nH]c1=O. The second-order valence-corrected chi connectivity index (χ2v) is 8.71. The van der Waals surface area contributed by atoms with Crippen molar-refractivity contribution in [3.05, 3.63) is 51.6 Å². The normalized spacial score (nSPS) is 16.7. The van der Waals surface area contributed by atoms with Gasteiger partial charge in [-0.1, -0.05) is 38.0 Å². The Balaban J connectivity index is 1.67. The summed E-state index contributed by atoms with van der Waals surface area (Å²) in [4.78, 5) is 17.2. The van der Waals surface area contributed by atoms with Crippen LogP contribution in [0.5, 0.6) is 0 Å². The molecule has 2 heterocycles. The molecule has 3 aromatic rings. The van der Waals surface area contributed by atoms with Crippen LogP contribution in [-0.2, 0) is 6.54 Å². The smallest absolute Gasteiger partial charge is 0.257 e. The lowest BCUT2D eigenvalue weighted by Crippen LogP contribution is -3.11. The lowest BCUT2D eigenvalue weighted by atomic mass is 10.1. The standard InChI is InChI=1S/C23H32N6O2/c1-3-20(22-25-26-27-29(22)19-10-4-5-11-19)28(12-7-13-30)15-18-14-17-9-6-8-16(2)21(17)24-23(18)31/h6,8-9,14,19-20,30H,3-5,7,10-13,15H2,1-2H3,(H,24,31)/p+1/t20-/m0/s1. The Labute approximate surface area is 182 Å². The summed E-state index contributed by atoms with van der Waals surface area (Å²) in [6.45, 7) is 5.59. The first-order valence-electron chi connectivity index (χ1n) is 11.5. The number of tetrazole rings is 1. The fourth-order valence-corrected chi connectivity index (χ4v) is 4.99. The van der Waals surface area contributed by atoms with Crippen molar-refractivity contribution in [3.8, 4) is 0 Å². The number of pyridine rings is 1. The van der Waals surface area contributed by atoms with E-state index in [1.807, 2.05) is 35.9 Å². The quantitative estimate of drug-likeness (QED) is 0.486. The van der Waals surface area contributed by atoms with Gasteiger partial charge >= 0.3 is 0 Å². The second kappa shape index (κ2) is 9.70. The van der Waals surface area contributed by atoms with Crippen molar-refractivity contribution in [3.63, 3.8) is 0 Å². The van der Waals surface area contributed by atoms with Crippen molar-refractivity contribution in [2.24, 2.45) is 0 Å². The Morgan fingerprint density at radius 2 is 2.13 bits per heavy atom. The Hall–Kier alpha value is -2.58. The predicted octanol–water partition coefficient (Wildman–Crippen LogP) is 1.86. The number of hydrogen-bond acceptors (Lipinski definition) is 5. The number of hydrogen-bond donors (Lipinski definition) is 3. The molecule has 1 unspecified atom stereocenters. The summed E-state index contributed by atoms with van der Waals surface area (Å²) in [5, 5.41) is 23.3. The van der Waals surface area contributed by atoms with Gasteiger partial charge in [0.05, 0.1) is 23.7 Å². The summed E-state index contributed by atoms with van der Waals surface area (Å²) in [7, 11) is 0. The number of nitrogens with one attached hydrogen (secondary N) is 2. The summed E-state index contributed by atoms with van der Waals surface area (Å²) >= 11 is 0. The van der Waals surface area contributed by atoms with E-state index in [9.17, 15) is 9.90 Å². The van der Waals surface area contributed by atoms with Crippen LogP contribution in [0.2, 0.25) is 0 Å². The molecule has 3 N–H and O–H groups in total. The molecule has 8 heteroatoms. The van der Waals surface area contributed by atoms with Crippen molar-refractivity contribution in [1.29, 1.82) is 0 Å². The first-order chi connectivity index (χ1) is 15.1. The number of nitrogens with zero attached hydrogens (tertiary/aromatic N) is 4. The van der Waals surface area contributed by atoms with Gasteiger partial charge in [0.2, 0.25) is 5.82 Å². The molecule has 1 aliphatic rings. The number of aliphatic hydroxyl groups is 1. The number of para-hydroxylation sites is 1. The van der Waals surface area contributed by atoms with Crippen LogP contribution < -0.4 is 10.5 Å². The van der Waals surface area contributed by atoms with E-state index in [4.69, 9.17) is 0 Å². The first-order valence-corrected chi connectivity index (χ1v) is 11.5. The van der Waals surface area contributed by atoms with Gasteiger partial charge in [-0.3, -0.25) is 4.79 Å². The molecule has 4 rings (SSSR count). The molecule has 0 amide bonds. The van der Waals surface area contributed by atoms with Crippen LogP contribution in [-0.4, -0.2) is 43.4 Å². The molecule has 1 aromatic carbocycles. The fourth-order valence-electron chi connectivity index (χ4n) is 4.99. The minimum atomic E-state index is -0.0477. The van der Waals surface area contributed by atoms with Crippen LogP contribution in [0.1, 0.15) is 74.5 Å². The summed E-state index contributed by atoms with van der Waals surface area (Å²) in [5.74, 6) is 0.899. The molecule has 0 spiro atoms. The molecule has 0 bridgehead atoms. The largest absolute Gasteiger partial charge is 0.396 e. The topological polar surface area (TPSA) is 101 Å². The minimum absolute atomic E-state index is 0.0477. The lowest BCUT2D eigenvalue weighted by molar-refractivity contribution is -0.946. The van der Waals surface area contributed by atoms with Gasteiger partial charge < -0.3 is 15.0 Å². The average Bonchev–Trinajstić information content (AvgIpc) is 3.45. The molecule has 1 saturated carbocycles. The number of aryl methyl sites for hydroxylation is 1. The maximum Gasteiger partial charge on any atom is 0.257 e. The average molecular weight is 426 g/mol. The van der Waals surface area contributed by atoms with Gasteiger partial charge in [-0.2, -0.15) is 0 Å². The molecular formula is C23H33N6O2+. The lowest BCUT2D eigenvalue weighted by Gasteiger charge is -2.28. The van der Waals surface area contributed by atoms with Crippen LogP contribution in [0.15, 0.2) is 29.1 Å². The van der Waals surface area contributed by atoms with Gasteiger partial charge in [0.15, 0.2) is 0 Å². The number of H-pyrrole nitrogens is 1. The molecule has 2 atom stereocenters. The second-order valence-electron chi connectivity index (χ2n) is 8.71. The van der Waals surface area contributed by atoms with Gasteiger partial charge in [0.1, 0.15) is 12.6 Å². The number of aromatic nitrogens is 5. The van der Waals surface area contributed by atoms with Crippen molar-refractivity contribution in [2.75, 3.05) is 13.2 Å². The molecule has 8 nitrogen and oxygen atoms in total. The van der Waals surface area contributed by atoms with Crippen LogP contribution in [0.25, 0.3) is 10.9 Å². The molecular weight excluding hydrogens is 392 g/mol. The number of fused-ring (bicyclic) bond motifs is 1. The molecule has 2 aromatic heterocycles. The molecule has 0 aliphatic heterocycles. The minimum Gasteiger partial charge on any atom is -0.396 e. The van der Waals surface area contributed by atoms with Crippen LogP contribution in [0.4, 0.5) is 0 Å². The van der Waals surface area contributed by atoms with E-state index in [0.717, 1.165) is 53.7 Å². The highest BCUT2D eigenvalue weighted by Gasteiger charge is 2.32. The maximum absolute atomic E-state index is 12.9. The van der Waals surface area contributed by atoms with E-state index in [1.165, 1.54) is 17.7 Å². The third-order valence-electron chi connectivity index (χ3n) is 6.64. The number of aromatic amines is 1. The molecule has 31 heavy (non-hydrogen) atoms. The molecule has 1 fully saturated rings. The Bertz CT molecular complexity index is 1070. The van der Waals surface area contributed by atoms with Crippen molar-refractivity contribution >= 4 is 10.9 Å². The van der Waals surface area contributed by atoms with Gasteiger partial charge in [-0.25, -0.2) is 4.68 Å². The first kappa shape index (κ1) is 21.6. The van der Waals surface area contributed by atoms with E-state index in [0.29, 0.717) is 19.0 Å². The van der Waals surface area contributed by atoms with Crippen LogP contribution >= 0.6 is 0 Å². The van der Waals surface area contributed by atoms with Crippen LogP contribution in [0, 0.1) is 6.92 Å². The number of aliphatic hydroxyl groups excluding tert-OH is 1. The van der Waals surface area contributed by atoms with Gasteiger partial charge in [-0.15, -0.1) is 5.10 Å². The van der Waals surface area contributed by atoms with E-state index in [-0.39, 0.29) is 18.2 Å². The Morgan fingerprint density at radius 3 is 2.87 bits per heavy atom. The monoisotopic (exact) mass is 425 g/mol. The molecule has 1 aliphatic carbocycles. The van der Waals surface area contributed by atoms with Crippen molar-refractivity contribution in [1.82, 2.24) is 25.2 Å². The van der Waals surface area contributed by atoms with Crippen molar-refractivity contribution in [2.45, 2.75) is 71.0 Å². The summed E-state index contributed by atoms with van der Waals surface area (Å²) in [6.07, 6.45) is 6.19. The van der Waals surface area contributed by atoms with Gasteiger partial charge in [-0.05, 0) is 47.2 Å². The van der Waals surface area contributed by atoms with E-state index in [2.05, 4.69) is 27.4 Å². The Kier molecular flexibility index (Phi) is 6.77. The van der Waals surface area contributed by atoms with Gasteiger partial charge in [0.25, 0.3) is 5.56 Å². The zero-order chi connectivity index (χ0) is 21.8. The summed E-state index contributed by atoms with van der Waals surface area (Å²) in [5.41, 5.74) is 2.66. The highest BCUT2D eigenvalue weighted by molar-refractivity contribution is 5.81. The Morgan fingerprint density at radius 1 is 1.32 bits per heavy atom. The fraction of sp³-hybridized carbons (Fsp3) is 0.565. The predicted molar refractivity (Wildman–Crippen MR) is 119 cm³/mol. The van der Waals surface area contributed by atoms with E-state index >= 15 is 0 Å². The highest BCUT2D eigenvalue weighted by atomic mass is 16.3. The third-order valence-corrected chi connectivity index (χ3v) is 6.64. The number of quaternary nitrogens is 1. The van der Waals surface area contributed by atoms with Crippen molar-refractivity contribution < 1.29 is 10.0 Å². The third kappa shape index (κ3) is 4.55. The molecule has 0 radical (unpaired) electrons. The zero-order valence-electron chi connectivity index (χ0n) is 18.5.